The fraction of sp³-hybridized carbons (Fsp3) is 0.409. The van der Waals surface area contributed by atoms with Gasteiger partial charge >= 0.3 is 0 Å². The quantitative estimate of drug-likeness (QED) is 0.458. The number of benzene rings is 1. The monoisotopic (exact) mass is 325 g/mol. The van der Waals surface area contributed by atoms with Crippen LogP contribution in [0.25, 0.3) is 5.57 Å². The summed E-state index contributed by atoms with van der Waals surface area (Å²) in [7, 11) is 0. The lowest BCUT2D eigenvalue weighted by Gasteiger charge is -2.21. The van der Waals surface area contributed by atoms with E-state index in [0.717, 1.165) is 42.6 Å². The highest BCUT2D eigenvalue weighted by atomic mass is 16.2. The van der Waals surface area contributed by atoms with Crippen molar-refractivity contribution in [1.82, 2.24) is 4.90 Å². The average Bonchev–Trinajstić information content (AvgIpc) is 2.57. The van der Waals surface area contributed by atoms with Crippen LogP contribution in [0.5, 0.6) is 0 Å². The second kappa shape index (κ2) is 9.92. The Hall–Kier alpha value is -2.09. The molecule has 0 aliphatic carbocycles. The average molecular weight is 325 g/mol. The van der Waals surface area contributed by atoms with Gasteiger partial charge in [-0.25, -0.2) is 0 Å². The number of nitrogens with zero attached hydrogens (tertiary/aromatic N) is 1. The van der Waals surface area contributed by atoms with Gasteiger partial charge in [-0.3, -0.25) is 4.79 Å². The lowest BCUT2D eigenvalue weighted by Crippen LogP contribution is -2.32. The highest BCUT2D eigenvalue weighted by Gasteiger charge is 2.12. The normalized spacial score (nSPS) is 12.2. The molecule has 0 spiro atoms. The van der Waals surface area contributed by atoms with Crippen molar-refractivity contribution in [3.63, 3.8) is 0 Å². The van der Waals surface area contributed by atoms with E-state index in [1.807, 2.05) is 30.1 Å². The molecule has 0 aliphatic heterocycles. The summed E-state index contributed by atoms with van der Waals surface area (Å²) < 4.78 is 0. The largest absolute Gasteiger partial charge is 0.339 e. The van der Waals surface area contributed by atoms with Crippen molar-refractivity contribution in [2.75, 3.05) is 13.1 Å². The summed E-state index contributed by atoms with van der Waals surface area (Å²) in [6.45, 7) is 15.8. The van der Waals surface area contributed by atoms with Crippen LogP contribution in [0, 0.1) is 13.8 Å². The number of allylic oxidation sites excluding steroid dienone is 4. The molecule has 1 aromatic rings. The molecule has 2 heteroatoms. The van der Waals surface area contributed by atoms with E-state index in [1.54, 1.807) is 0 Å². The molecule has 0 unspecified atom stereocenters. The minimum absolute atomic E-state index is 0.124. The smallest absolute Gasteiger partial charge is 0.249 e. The van der Waals surface area contributed by atoms with Crippen LogP contribution in [-0.4, -0.2) is 23.9 Å². The lowest BCUT2D eigenvalue weighted by molar-refractivity contribution is -0.127. The Morgan fingerprint density at radius 2 is 1.71 bits per heavy atom. The van der Waals surface area contributed by atoms with Crippen molar-refractivity contribution in [2.24, 2.45) is 0 Å². The Morgan fingerprint density at radius 1 is 1.08 bits per heavy atom. The Morgan fingerprint density at radius 3 is 2.21 bits per heavy atom. The number of hydrogen-bond donors (Lipinski definition) is 0. The summed E-state index contributed by atoms with van der Waals surface area (Å²) >= 11 is 0. The Kier molecular flexibility index (Phi) is 8.25. The summed E-state index contributed by atoms with van der Waals surface area (Å²) in [5.41, 5.74) is 5.46. The first-order valence-corrected chi connectivity index (χ1v) is 8.82. The standard InChI is InChI=1S/C22H31NO/c1-7-14-23(15-8-2)22(24)18(5)11-12-20(9-3)21-13-10-17(4)19(6)16-21/h9-13,16H,3,7-8,14-15H2,1-2,4-6H3/b18-11+,20-12+. The molecule has 0 atom stereocenters. The maximum absolute atomic E-state index is 12.6. The van der Waals surface area contributed by atoms with Crippen molar-refractivity contribution in [1.29, 1.82) is 0 Å². The van der Waals surface area contributed by atoms with Gasteiger partial charge in [0.25, 0.3) is 0 Å². The first kappa shape index (κ1) is 20.0. The third-order valence-electron chi connectivity index (χ3n) is 4.18. The van der Waals surface area contributed by atoms with Crippen LogP contribution in [0.4, 0.5) is 0 Å². The second-order valence-corrected chi connectivity index (χ2v) is 6.27. The number of hydrogen-bond acceptors (Lipinski definition) is 1. The van der Waals surface area contributed by atoms with E-state index in [4.69, 9.17) is 0 Å². The van der Waals surface area contributed by atoms with Crippen LogP contribution in [0.2, 0.25) is 0 Å². The predicted molar refractivity (Wildman–Crippen MR) is 105 cm³/mol. The highest BCUT2D eigenvalue weighted by Crippen LogP contribution is 2.19. The molecule has 1 amide bonds. The minimum Gasteiger partial charge on any atom is -0.339 e. The van der Waals surface area contributed by atoms with Gasteiger partial charge in [-0.15, -0.1) is 0 Å². The van der Waals surface area contributed by atoms with Crippen LogP contribution >= 0.6 is 0 Å². The summed E-state index contributed by atoms with van der Waals surface area (Å²) in [6.07, 6.45) is 7.70. The van der Waals surface area contributed by atoms with E-state index in [-0.39, 0.29) is 5.91 Å². The Labute approximate surface area is 147 Å². The maximum atomic E-state index is 12.6. The highest BCUT2D eigenvalue weighted by molar-refractivity contribution is 5.93. The van der Waals surface area contributed by atoms with E-state index in [1.165, 1.54) is 11.1 Å². The molecular formula is C22H31NO. The molecule has 0 saturated heterocycles. The molecule has 2 nitrogen and oxygen atoms in total. The zero-order chi connectivity index (χ0) is 18.1. The number of amides is 1. The van der Waals surface area contributed by atoms with Gasteiger partial charge in [0.1, 0.15) is 0 Å². The van der Waals surface area contributed by atoms with Gasteiger partial charge in [0.15, 0.2) is 0 Å². The van der Waals surface area contributed by atoms with Crippen molar-refractivity contribution in [2.45, 2.75) is 47.5 Å². The molecule has 1 rings (SSSR count). The van der Waals surface area contributed by atoms with Gasteiger partial charge in [0.2, 0.25) is 5.91 Å². The number of carbonyl (C=O) groups excluding carboxylic acids is 1. The zero-order valence-corrected chi connectivity index (χ0v) is 15.9. The SMILES string of the molecule is C=C/C(=C\C=C(/C)C(=O)N(CCC)CCC)c1ccc(C)c(C)c1. The number of aryl methyl sites for hydroxylation is 2. The van der Waals surface area contributed by atoms with E-state index < -0.39 is 0 Å². The van der Waals surface area contributed by atoms with Gasteiger partial charge in [0, 0.05) is 18.7 Å². The van der Waals surface area contributed by atoms with Crippen LogP contribution in [-0.2, 0) is 4.79 Å². The molecule has 0 heterocycles. The van der Waals surface area contributed by atoms with E-state index in [2.05, 4.69) is 52.5 Å². The second-order valence-electron chi connectivity index (χ2n) is 6.27. The molecule has 0 aliphatic rings. The topological polar surface area (TPSA) is 20.3 Å². The molecule has 0 fully saturated rings. The summed E-state index contributed by atoms with van der Waals surface area (Å²) in [6, 6.07) is 6.38. The molecule has 0 saturated carbocycles. The minimum atomic E-state index is 0.124. The van der Waals surface area contributed by atoms with Crippen molar-refractivity contribution in [3.05, 3.63) is 65.3 Å². The van der Waals surface area contributed by atoms with Crippen molar-refractivity contribution < 1.29 is 4.79 Å². The van der Waals surface area contributed by atoms with Gasteiger partial charge in [-0.05, 0) is 55.9 Å². The van der Waals surface area contributed by atoms with E-state index >= 15 is 0 Å². The first-order valence-electron chi connectivity index (χ1n) is 8.82. The summed E-state index contributed by atoms with van der Waals surface area (Å²) in [5.74, 6) is 0.124. The molecule has 0 N–H and O–H groups in total. The van der Waals surface area contributed by atoms with E-state index in [0.29, 0.717) is 0 Å². The van der Waals surface area contributed by atoms with Crippen LogP contribution < -0.4 is 0 Å². The fourth-order valence-electron chi connectivity index (χ4n) is 2.59. The summed E-state index contributed by atoms with van der Waals surface area (Å²) in [4.78, 5) is 14.5. The zero-order valence-electron chi connectivity index (χ0n) is 15.9. The molecule has 0 aromatic heterocycles. The van der Waals surface area contributed by atoms with Crippen molar-refractivity contribution in [3.8, 4) is 0 Å². The van der Waals surface area contributed by atoms with Gasteiger partial charge < -0.3 is 4.90 Å². The summed E-state index contributed by atoms with van der Waals surface area (Å²) in [5, 5.41) is 0. The maximum Gasteiger partial charge on any atom is 0.249 e. The molecule has 0 radical (unpaired) electrons. The molecule has 0 bridgehead atoms. The predicted octanol–water partition coefficient (Wildman–Crippen LogP) is 5.47. The van der Waals surface area contributed by atoms with Crippen LogP contribution in [0.15, 0.2) is 48.6 Å². The third kappa shape index (κ3) is 5.52. The fourth-order valence-corrected chi connectivity index (χ4v) is 2.59. The van der Waals surface area contributed by atoms with Crippen molar-refractivity contribution >= 4 is 11.5 Å². The van der Waals surface area contributed by atoms with Gasteiger partial charge in [-0.1, -0.05) is 56.9 Å². The lowest BCUT2D eigenvalue weighted by atomic mass is 10.00. The van der Waals surface area contributed by atoms with E-state index in [9.17, 15) is 4.79 Å². The first-order chi connectivity index (χ1) is 11.4. The number of rotatable bonds is 8. The Balaban J connectivity index is 3.02. The molecule has 1 aromatic carbocycles. The van der Waals surface area contributed by atoms with Gasteiger partial charge in [-0.2, -0.15) is 0 Å². The third-order valence-corrected chi connectivity index (χ3v) is 4.18. The van der Waals surface area contributed by atoms with Crippen LogP contribution in [0.3, 0.4) is 0 Å². The van der Waals surface area contributed by atoms with Crippen LogP contribution in [0.1, 0.15) is 50.3 Å². The molecule has 130 valence electrons. The van der Waals surface area contributed by atoms with Gasteiger partial charge in [0.05, 0.1) is 0 Å². The molecular weight excluding hydrogens is 294 g/mol. The Bertz CT molecular complexity index is 631. The molecule has 24 heavy (non-hydrogen) atoms. The number of carbonyl (C=O) groups is 1.